The highest BCUT2D eigenvalue weighted by atomic mass is 35.5. The zero-order valence-corrected chi connectivity index (χ0v) is 12.0. The first-order valence-corrected chi connectivity index (χ1v) is 6.57. The van der Waals surface area contributed by atoms with E-state index in [4.69, 9.17) is 11.6 Å². The van der Waals surface area contributed by atoms with Crippen molar-refractivity contribution in [2.24, 2.45) is 0 Å². The van der Waals surface area contributed by atoms with E-state index in [-0.39, 0.29) is 0 Å². The highest BCUT2D eigenvalue weighted by Crippen LogP contribution is 2.15. The number of nitrogens with one attached hydrogen (secondary N) is 1. The molecule has 0 heterocycles. The molecule has 0 aromatic heterocycles. The van der Waals surface area contributed by atoms with Gasteiger partial charge in [0, 0.05) is 24.2 Å². The van der Waals surface area contributed by atoms with Gasteiger partial charge in [0.25, 0.3) is 0 Å². The fourth-order valence-electron chi connectivity index (χ4n) is 1.78. The van der Waals surface area contributed by atoms with E-state index in [1.165, 1.54) is 11.1 Å². The summed E-state index contributed by atoms with van der Waals surface area (Å²) in [6, 6.07) is 6.54. The quantitative estimate of drug-likeness (QED) is 0.839. The molecule has 1 aromatic rings. The third-order valence-corrected chi connectivity index (χ3v) is 3.31. The van der Waals surface area contributed by atoms with Crippen molar-refractivity contribution in [3.8, 4) is 0 Å². The number of aryl methyl sites for hydroxylation is 1. The number of halogens is 1. The minimum Gasteiger partial charge on any atom is -0.309 e. The summed E-state index contributed by atoms with van der Waals surface area (Å²) in [5, 5.41) is 4.34. The Morgan fingerprint density at radius 1 is 1.41 bits per heavy atom. The molecule has 0 fully saturated rings. The van der Waals surface area contributed by atoms with E-state index in [1.807, 2.05) is 12.1 Å². The molecule has 0 aliphatic rings. The van der Waals surface area contributed by atoms with Crippen LogP contribution in [0.1, 0.15) is 25.0 Å². The minimum absolute atomic E-state index is 0.485. The van der Waals surface area contributed by atoms with Crippen molar-refractivity contribution in [2.75, 3.05) is 20.1 Å². The Hall–Kier alpha value is -0.570. The molecular formula is C14H23ClN2. The van der Waals surface area contributed by atoms with Gasteiger partial charge in [-0.15, -0.1) is 0 Å². The first-order chi connectivity index (χ1) is 8.02. The van der Waals surface area contributed by atoms with Crippen molar-refractivity contribution in [3.63, 3.8) is 0 Å². The van der Waals surface area contributed by atoms with E-state index in [0.717, 1.165) is 24.7 Å². The Labute approximate surface area is 110 Å². The van der Waals surface area contributed by atoms with Crippen LogP contribution >= 0.6 is 11.6 Å². The number of benzene rings is 1. The SMILES string of the molecule is CCN(C)CC(C)NCc1cc(Cl)ccc1C. The molecule has 1 aromatic carbocycles. The fourth-order valence-corrected chi connectivity index (χ4v) is 1.97. The maximum absolute atomic E-state index is 6.00. The Morgan fingerprint density at radius 2 is 2.12 bits per heavy atom. The van der Waals surface area contributed by atoms with Crippen LogP contribution < -0.4 is 5.32 Å². The summed E-state index contributed by atoms with van der Waals surface area (Å²) in [6.07, 6.45) is 0. The summed E-state index contributed by atoms with van der Waals surface area (Å²) in [7, 11) is 2.14. The summed E-state index contributed by atoms with van der Waals surface area (Å²) in [4.78, 5) is 2.31. The predicted octanol–water partition coefficient (Wildman–Crippen LogP) is 3.08. The van der Waals surface area contributed by atoms with Crippen molar-refractivity contribution < 1.29 is 0 Å². The van der Waals surface area contributed by atoms with E-state index in [9.17, 15) is 0 Å². The van der Waals surface area contributed by atoms with Crippen LogP contribution in [0, 0.1) is 6.92 Å². The van der Waals surface area contributed by atoms with Gasteiger partial charge < -0.3 is 10.2 Å². The molecule has 2 nitrogen and oxygen atoms in total. The normalized spacial score (nSPS) is 13.1. The number of nitrogens with zero attached hydrogens (tertiary/aromatic N) is 1. The topological polar surface area (TPSA) is 15.3 Å². The molecule has 0 saturated heterocycles. The van der Waals surface area contributed by atoms with E-state index >= 15 is 0 Å². The largest absolute Gasteiger partial charge is 0.309 e. The zero-order chi connectivity index (χ0) is 12.8. The monoisotopic (exact) mass is 254 g/mol. The molecule has 0 spiro atoms. The van der Waals surface area contributed by atoms with Gasteiger partial charge in [0.2, 0.25) is 0 Å². The summed E-state index contributed by atoms with van der Waals surface area (Å²) >= 11 is 6.00. The van der Waals surface area contributed by atoms with E-state index in [1.54, 1.807) is 0 Å². The van der Waals surface area contributed by atoms with Crippen LogP contribution in [-0.4, -0.2) is 31.1 Å². The molecule has 0 bridgehead atoms. The van der Waals surface area contributed by atoms with Gasteiger partial charge in [0.1, 0.15) is 0 Å². The molecule has 1 atom stereocenters. The average molecular weight is 255 g/mol. The van der Waals surface area contributed by atoms with Gasteiger partial charge in [-0.2, -0.15) is 0 Å². The van der Waals surface area contributed by atoms with Crippen LogP contribution in [0.15, 0.2) is 18.2 Å². The standard InChI is InChI=1S/C14H23ClN2/c1-5-17(4)10-12(3)16-9-13-8-14(15)7-6-11(13)2/h6-8,12,16H,5,9-10H2,1-4H3. The van der Waals surface area contributed by atoms with Crippen LogP contribution in [0.25, 0.3) is 0 Å². The van der Waals surface area contributed by atoms with E-state index < -0.39 is 0 Å². The summed E-state index contributed by atoms with van der Waals surface area (Å²) in [5.74, 6) is 0. The number of likely N-dealkylation sites (N-methyl/N-ethyl adjacent to an activating group) is 1. The average Bonchev–Trinajstić information content (AvgIpc) is 2.30. The second kappa shape index (κ2) is 7.00. The van der Waals surface area contributed by atoms with Crippen molar-refractivity contribution in [1.82, 2.24) is 10.2 Å². The summed E-state index contributed by atoms with van der Waals surface area (Å²) in [5.41, 5.74) is 2.57. The van der Waals surface area contributed by atoms with Gasteiger partial charge in [-0.3, -0.25) is 0 Å². The lowest BCUT2D eigenvalue weighted by molar-refractivity contribution is 0.309. The number of rotatable bonds is 6. The fraction of sp³-hybridized carbons (Fsp3) is 0.571. The molecule has 1 rings (SSSR count). The lowest BCUT2D eigenvalue weighted by atomic mass is 10.1. The first-order valence-electron chi connectivity index (χ1n) is 6.20. The molecule has 0 aliphatic heterocycles. The molecular weight excluding hydrogens is 232 g/mol. The van der Waals surface area contributed by atoms with Crippen LogP contribution in [0.5, 0.6) is 0 Å². The highest BCUT2D eigenvalue weighted by Gasteiger charge is 2.05. The maximum atomic E-state index is 6.00. The van der Waals surface area contributed by atoms with E-state index in [2.05, 4.69) is 44.1 Å². The van der Waals surface area contributed by atoms with Crippen LogP contribution in [0.2, 0.25) is 5.02 Å². The number of hydrogen-bond donors (Lipinski definition) is 1. The van der Waals surface area contributed by atoms with Crippen LogP contribution in [0.3, 0.4) is 0 Å². The van der Waals surface area contributed by atoms with Crippen molar-refractivity contribution in [2.45, 2.75) is 33.4 Å². The molecule has 0 saturated carbocycles. The van der Waals surface area contributed by atoms with Gasteiger partial charge in [-0.05, 0) is 50.7 Å². The molecule has 1 N–H and O–H groups in total. The van der Waals surface area contributed by atoms with Gasteiger partial charge in [0.15, 0.2) is 0 Å². The molecule has 96 valence electrons. The molecule has 3 heteroatoms. The Kier molecular flexibility index (Phi) is 5.96. The first kappa shape index (κ1) is 14.5. The summed E-state index contributed by atoms with van der Waals surface area (Å²) in [6.45, 7) is 9.54. The van der Waals surface area contributed by atoms with Crippen molar-refractivity contribution in [1.29, 1.82) is 0 Å². The van der Waals surface area contributed by atoms with E-state index in [0.29, 0.717) is 6.04 Å². The van der Waals surface area contributed by atoms with Crippen molar-refractivity contribution in [3.05, 3.63) is 34.3 Å². The lowest BCUT2D eigenvalue weighted by Crippen LogP contribution is -2.37. The smallest absolute Gasteiger partial charge is 0.0409 e. The van der Waals surface area contributed by atoms with Gasteiger partial charge in [-0.1, -0.05) is 24.6 Å². The zero-order valence-electron chi connectivity index (χ0n) is 11.3. The molecule has 17 heavy (non-hydrogen) atoms. The van der Waals surface area contributed by atoms with Crippen molar-refractivity contribution >= 4 is 11.6 Å². The maximum Gasteiger partial charge on any atom is 0.0409 e. The third kappa shape index (κ3) is 5.07. The molecule has 0 radical (unpaired) electrons. The Bertz CT molecular complexity index is 352. The molecule has 0 aliphatic carbocycles. The second-order valence-electron chi connectivity index (χ2n) is 4.71. The molecule has 1 unspecified atom stereocenters. The van der Waals surface area contributed by atoms with Gasteiger partial charge in [0.05, 0.1) is 0 Å². The third-order valence-electron chi connectivity index (χ3n) is 3.08. The summed E-state index contributed by atoms with van der Waals surface area (Å²) < 4.78 is 0. The molecule has 0 amide bonds. The Morgan fingerprint density at radius 3 is 2.76 bits per heavy atom. The van der Waals surface area contributed by atoms with Gasteiger partial charge >= 0.3 is 0 Å². The van der Waals surface area contributed by atoms with Crippen LogP contribution in [-0.2, 0) is 6.54 Å². The predicted molar refractivity (Wildman–Crippen MR) is 75.7 cm³/mol. The minimum atomic E-state index is 0.485. The van der Waals surface area contributed by atoms with Gasteiger partial charge in [-0.25, -0.2) is 0 Å². The lowest BCUT2D eigenvalue weighted by Gasteiger charge is -2.21. The highest BCUT2D eigenvalue weighted by molar-refractivity contribution is 6.30. The number of hydrogen-bond acceptors (Lipinski definition) is 2. The Balaban J connectivity index is 2.47. The van der Waals surface area contributed by atoms with Crippen LogP contribution in [0.4, 0.5) is 0 Å². The second-order valence-corrected chi connectivity index (χ2v) is 5.14.